The molecular weight excluding hydrogens is 196 g/mol. The second-order valence-electron chi connectivity index (χ2n) is 5.22. The topological polar surface area (TPSA) is 17.1 Å². The molecule has 1 aliphatic carbocycles. The van der Waals surface area contributed by atoms with Gasteiger partial charge in [0.15, 0.2) is 0 Å². The number of fused-ring (bicyclic) bond motifs is 1. The highest BCUT2D eigenvalue weighted by Crippen LogP contribution is 2.39. The van der Waals surface area contributed by atoms with Gasteiger partial charge in [-0.3, -0.25) is 4.79 Å². The molecule has 0 N–H and O–H groups in total. The zero-order valence-corrected chi connectivity index (χ0v) is 10.4. The van der Waals surface area contributed by atoms with Gasteiger partial charge in [-0.15, -0.1) is 0 Å². The van der Waals surface area contributed by atoms with Crippen LogP contribution in [0.15, 0.2) is 24.3 Å². The Morgan fingerprint density at radius 1 is 1.19 bits per heavy atom. The second kappa shape index (κ2) is 4.40. The van der Waals surface area contributed by atoms with Gasteiger partial charge in [0.2, 0.25) is 0 Å². The van der Waals surface area contributed by atoms with Crippen molar-refractivity contribution in [3.05, 3.63) is 35.4 Å². The molecule has 0 saturated heterocycles. The molecule has 0 heterocycles. The van der Waals surface area contributed by atoms with Crippen LogP contribution in [0, 0.1) is 5.92 Å². The molecule has 1 aromatic rings. The van der Waals surface area contributed by atoms with Crippen LogP contribution in [0.25, 0.3) is 0 Å². The third kappa shape index (κ3) is 1.91. The number of hydrogen-bond donors (Lipinski definition) is 0. The number of ketones is 1. The van der Waals surface area contributed by atoms with E-state index in [0.29, 0.717) is 11.7 Å². The molecule has 1 nitrogen and oxygen atoms in total. The summed E-state index contributed by atoms with van der Waals surface area (Å²) < 4.78 is 0. The largest absolute Gasteiger partial charge is 0.299 e. The van der Waals surface area contributed by atoms with Gasteiger partial charge in [-0.25, -0.2) is 0 Å². The van der Waals surface area contributed by atoms with Gasteiger partial charge < -0.3 is 0 Å². The van der Waals surface area contributed by atoms with Crippen LogP contribution in [0.4, 0.5) is 0 Å². The fourth-order valence-corrected chi connectivity index (χ4v) is 2.70. The van der Waals surface area contributed by atoms with Crippen molar-refractivity contribution in [2.24, 2.45) is 5.92 Å². The number of carbonyl (C=O) groups excluding carboxylic acids is 1. The predicted octanol–water partition coefficient (Wildman–Crippen LogP) is 3.89. The molecule has 0 aliphatic heterocycles. The first-order valence-corrected chi connectivity index (χ1v) is 6.23. The lowest BCUT2D eigenvalue weighted by Crippen LogP contribution is -2.23. The third-order valence-electron chi connectivity index (χ3n) is 3.70. The van der Waals surface area contributed by atoms with Crippen molar-refractivity contribution in [2.75, 3.05) is 0 Å². The molecule has 0 saturated carbocycles. The second-order valence-corrected chi connectivity index (χ2v) is 5.22. The average Bonchev–Trinajstić information content (AvgIpc) is 2.29. The summed E-state index contributed by atoms with van der Waals surface area (Å²) in [5.74, 6) is 1.30. The molecule has 1 heteroatoms. The van der Waals surface area contributed by atoms with E-state index in [1.54, 1.807) is 0 Å². The molecule has 2 rings (SSSR count). The minimum atomic E-state index is 0.145. The lowest BCUT2D eigenvalue weighted by atomic mass is 9.74. The molecule has 0 fully saturated rings. The predicted molar refractivity (Wildman–Crippen MR) is 66.7 cm³/mol. The van der Waals surface area contributed by atoms with Gasteiger partial charge in [-0.1, -0.05) is 45.0 Å². The summed E-state index contributed by atoms with van der Waals surface area (Å²) in [4.78, 5) is 12.2. The molecule has 2 unspecified atom stereocenters. The number of hydrogen-bond acceptors (Lipinski definition) is 1. The third-order valence-corrected chi connectivity index (χ3v) is 3.70. The Kier molecular flexibility index (Phi) is 3.13. The van der Waals surface area contributed by atoms with Gasteiger partial charge in [-0.2, -0.15) is 0 Å². The summed E-state index contributed by atoms with van der Waals surface area (Å²) in [7, 11) is 0. The van der Waals surface area contributed by atoms with Crippen molar-refractivity contribution in [1.29, 1.82) is 0 Å². The Bertz CT molecular complexity index is 392. The smallest absolute Gasteiger partial charge is 0.142 e. The minimum Gasteiger partial charge on any atom is -0.299 e. The van der Waals surface area contributed by atoms with E-state index < -0.39 is 0 Å². The van der Waals surface area contributed by atoms with Gasteiger partial charge in [0, 0.05) is 11.8 Å². The summed E-state index contributed by atoms with van der Waals surface area (Å²) in [5.41, 5.74) is 2.66. The molecule has 0 aromatic heterocycles. The van der Waals surface area contributed by atoms with E-state index in [0.717, 1.165) is 12.8 Å². The Morgan fingerprint density at radius 3 is 2.44 bits per heavy atom. The van der Waals surface area contributed by atoms with E-state index in [-0.39, 0.29) is 11.8 Å². The van der Waals surface area contributed by atoms with Gasteiger partial charge in [-0.05, 0) is 29.9 Å². The van der Waals surface area contributed by atoms with Gasteiger partial charge in [0.25, 0.3) is 0 Å². The highest BCUT2D eigenvalue weighted by molar-refractivity contribution is 5.88. The molecule has 86 valence electrons. The van der Waals surface area contributed by atoms with Gasteiger partial charge in [0.05, 0.1) is 0 Å². The highest BCUT2D eigenvalue weighted by Gasteiger charge is 2.30. The highest BCUT2D eigenvalue weighted by atomic mass is 16.1. The maximum atomic E-state index is 12.2. The van der Waals surface area contributed by atoms with Crippen molar-refractivity contribution in [3.8, 4) is 0 Å². The monoisotopic (exact) mass is 216 g/mol. The lowest BCUT2D eigenvalue weighted by molar-refractivity contribution is -0.123. The van der Waals surface area contributed by atoms with Crippen LogP contribution in [-0.2, 0) is 4.79 Å². The number of carbonyl (C=O) groups is 1. The molecule has 0 amide bonds. The number of rotatable bonds is 2. The Balaban J connectivity index is 2.38. The summed E-state index contributed by atoms with van der Waals surface area (Å²) in [5, 5.41) is 0. The zero-order chi connectivity index (χ0) is 11.7. The van der Waals surface area contributed by atoms with E-state index in [1.807, 2.05) is 13.8 Å². The average molecular weight is 216 g/mol. The molecule has 16 heavy (non-hydrogen) atoms. The van der Waals surface area contributed by atoms with Crippen molar-refractivity contribution in [2.45, 2.75) is 45.4 Å². The van der Waals surface area contributed by atoms with E-state index in [2.05, 4.69) is 31.2 Å². The molecule has 0 bridgehead atoms. The molecule has 1 aromatic carbocycles. The van der Waals surface area contributed by atoms with Crippen LogP contribution in [0.3, 0.4) is 0 Å². The summed E-state index contributed by atoms with van der Waals surface area (Å²) >= 11 is 0. The molecule has 1 aliphatic rings. The van der Waals surface area contributed by atoms with Crippen molar-refractivity contribution in [3.63, 3.8) is 0 Å². The van der Waals surface area contributed by atoms with Crippen LogP contribution in [0.1, 0.15) is 56.6 Å². The Labute approximate surface area is 97.9 Å². The Morgan fingerprint density at radius 2 is 1.81 bits per heavy atom. The van der Waals surface area contributed by atoms with E-state index in [4.69, 9.17) is 0 Å². The number of benzene rings is 1. The SMILES string of the molecule is CC(C)C(=O)C1CCC(C)c2ccccc21. The normalized spacial score (nSPS) is 24.2. The van der Waals surface area contributed by atoms with Crippen molar-refractivity contribution < 1.29 is 4.79 Å². The van der Waals surface area contributed by atoms with Crippen molar-refractivity contribution in [1.82, 2.24) is 0 Å². The standard InChI is InChI=1S/C15H20O/c1-10(2)15(16)14-9-8-11(3)12-6-4-5-7-13(12)14/h4-7,10-11,14H,8-9H2,1-3H3. The Hall–Kier alpha value is -1.11. The summed E-state index contributed by atoms with van der Waals surface area (Å²) in [6.07, 6.45) is 2.16. The first kappa shape index (κ1) is 11.4. The fourth-order valence-electron chi connectivity index (χ4n) is 2.70. The van der Waals surface area contributed by atoms with Gasteiger partial charge >= 0.3 is 0 Å². The summed E-state index contributed by atoms with van der Waals surface area (Å²) in [6, 6.07) is 8.45. The number of Topliss-reactive ketones (excluding diaryl/α,β-unsaturated/α-hetero) is 1. The lowest BCUT2D eigenvalue weighted by Gasteiger charge is -2.29. The van der Waals surface area contributed by atoms with Crippen LogP contribution < -0.4 is 0 Å². The molecule has 0 radical (unpaired) electrons. The van der Waals surface area contributed by atoms with Crippen LogP contribution in [0.5, 0.6) is 0 Å². The maximum Gasteiger partial charge on any atom is 0.142 e. The minimum absolute atomic E-state index is 0.145. The first-order valence-electron chi connectivity index (χ1n) is 6.23. The van der Waals surface area contributed by atoms with Crippen LogP contribution in [-0.4, -0.2) is 5.78 Å². The maximum absolute atomic E-state index is 12.2. The fraction of sp³-hybridized carbons (Fsp3) is 0.533. The zero-order valence-electron chi connectivity index (χ0n) is 10.4. The van der Waals surface area contributed by atoms with Crippen LogP contribution >= 0.6 is 0 Å². The molecular formula is C15H20O. The van der Waals surface area contributed by atoms with Crippen LogP contribution in [0.2, 0.25) is 0 Å². The summed E-state index contributed by atoms with van der Waals surface area (Å²) in [6.45, 7) is 6.26. The van der Waals surface area contributed by atoms with E-state index in [1.165, 1.54) is 11.1 Å². The van der Waals surface area contributed by atoms with E-state index >= 15 is 0 Å². The molecule has 0 spiro atoms. The van der Waals surface area contributed by atoms with E-state index in [9.17, 15) is 4.79 Å². The quantitative estimate of drug-likeness (QED) is 0.733. The first-order chi connectivity index (χ1) is 7.61. The molecule has 2 atom stereocenters. The van der Waals surface area contributed by atoms with Gasteiger partial charge in [0.1, 0.15) is 5.78 Å². The van der Waals surface area contributed by atoms with Crippen molar-refractivity contribution >= 4 is 5.78 Å².